The van der Waals surface area contributed by atoms with Crippen LogP contribution in [0.4, 0.5) is 0 Å². The summed E-state index contributed by atoms with van der Waals surface area (Å²) < 4.78 is 1.31. The first-order chi connectivity index (χ1) is 8.40. The molecule has 0 saturated heterocycles. The van der Waals surface area contributed by atoms with Crippen molar-refractivity contribution in [3.05, 3.63) is 71.8 Å². The van der Waals surface area contributed by atoms with Crippen LogP contribution in [0.1, 0.15) is 11.1 Å². The van der Waals surface area contributed by atoms with Crippen molar-refractivity contribution < 1.29 is 0 Å². The van der Waals surface area contributed by atoms with Crippen molar-refractivity contribution in [3.8, 4) is 0 Å². The minimum atomic E-state index is -0.159. The van der Waals surface area contributed by atoms with Gasteiger partial charge < -0.3 is 0 Å². The van der Waals surface area contributed by atoms with Gasteiger partial charge in [0.2, 0.25) is 0 Å². The van der Waals surface area contributed by atoms with Crippen LogP contribution in [0.2, 0.25) is 4.97 Å². The first-order valence-electron chi connectivity index (χ1n) is 5.58. The van der Waals surface area contributed by atoms with E-state index in [4.69, 9.17) is 4.99 Å². The van der Waals surface area contributed by atoms with Crippen LogP contribution < -0.4 is 0 Å². The van der Waals surface area contributed by atoms with E-state index < -0.39 is 0 Å². The average Bonchev–Trinajstić information content (AvgIpc) is 2.42. The Morgan fingerprint density at radius 2 is 1.53 bits per heavy atom. The minimum absolute atomic E-state index is 0.159. The molecular formula is C15H15NTe. The van der Waals surface area contributed by atoms with Crippen molar-refractivity contribution in [1.82, 2.24) is 0 Å². The molecule has 0 heterocycles. The van der Waals surface area contributed by atoms with E-state index in [1.807, 2.05) is 6.07 Å². The van der Waals surface area contributed by atoms with Crippen molar-refractivity contribution in [2.75, 3.05) is 0 Å². The summed E-state index contributed by atoms with van der Waals surface area (Å²) in [5, 5.41) is 0. The summed E-state index contributed by atoms with van der Waals surface area (Å²) >= 11 is -0.159. The van der Waals surface area contributed by atoms with E-state index in [0.717, 1.165) is 6.54 Å². The quantitative estimate of drug-likeness (QED) is 0.599. The molecule has 0 spiro atoms. The molecule has 0 unspecified atom stereocenters. The molecule has 1 nitrogen and oxygen atoms in total. The van der Waals surface area contributed by atoms with Crippen molar-refractivity contribution in [3.63, 3.8) is 0 Å². The van der Waals surface area contributed by atoms with Crippen LogP contribution >= 0.6 is 0 Å². The third-order valence-electron chi connectivity index (χ3n) is 2.46. The summed E-state index contributed by atoms with van der Waals surface area (Å²) in [5.41, 5.74) is 2.56. The Labute approximate surface area is 113 Å². The number of rotatable bonds is 4. The third-order valence-corrected chi connectivity index (χ3v) is 4.61. The second-order valence-corrected chi connectivity index (χ2v) is 5.95. The first kappa shape index (κ1) is 12.4. The zero-order valence-corrected chi connectivity index (χ0v) is 12.2. The van der Waals surface area contributed by atoms with Crippen molar-refractivity contribution in [2.24, 2.45) is 4.99 Å². The van der Waals surface area contributed by atoms with Gasteiger partial charge in [-0.2, -0.15) is 0 Å². The Morgan fingerprint density at radius 1 is 0.941 bits per heavy atom. The third kappa shape index (κ3) is 3.70. The van der Waals surface area contributed by atoms with E-state index in [2.05, 4.69) is 59.6 Å². The van der Waals surface area contributed by atoms with Crippen molar-refractivity contribution in [2.45, 2.75) is 11.5 Å². The Balaban J connectivity index is 2.14. The van der Waals surface area contributed by atoms with Gasteiger partial charge in [0.05, 0.1) is 0 Å². The fourth-order valence-corrected chi connectivity index (χ4v) is 3.21. The number of hydrogen-bond donors (Lipinski definition) is 0. The molecule has 0 aliphatic carbocycles. The maximum atomic E-state index is 4.76. The molecule has 0 saturated carbocycles. The SMILES string of the molecule is C[Te]C(=NCc1ccccc1)c1ccccc1. The summed E-state index contributed by atoms with van der Waals surface area (Å²) in [5.74, 6) is 0. The summed E-state index contributed by atoms with van der Waals surface area (Å²) in [6.07, 6.45) is 0. The fraction of sp³-hybridized carbons (Fsp3) is 0.133. The molecule has 0 atom stereocenters. The Kier molecular flexibility index (Phi) is 4.79. The zero-order chi connectivity index (χ0) is 11.9. The van der Waals surface area contributed by atoms with Gasteiger partial charge in [0.15, 0.2) is 0 Å². The number of aliphatic imine (C=N–C) groups is 1. The van der Waals surface area contributed by atoms with Gasteiger partial charge in [-0.15, -0.1) is 0 Å². The molecule has 2 aromatic rings. The van der Waals surface area contributed by atoms with Gasteiger partial charge in [-0.1, -0.05) is 0 Å². The van der Waals surface area contributed by atoms with Gasteiger partial charge in [0.25, 0.3) is 0 Å². The van der Waals surface area contributed by atoms with E-state index >= 15 is 0 Å². The summed E-state index contributed by atoms with van der Waals surface area (Å²) in [7, 11) is 0. The molecule has 86 valence electrons. The van der Waals surface area contributed by atoms with Crippen molar-refractivity contribution >= 4 is 24.7 Å². The van der Waals surface area contributed by atoms with Crippen LogP contribution in [0.5, 0.6) is 0 Å². The van der Waals surface area contributed by atoms with Gasteiger partial charge >= 0.3 is 113 Å². The molecule has 0 aliphatic heterocycles. The molecule has 2 heteroatoms. The van der Waals surface area contributed by atoms with E-state index in [0.29, 0.717) is 0 Å². The van der Waals surface area contributed by atoms with Crippen molar-refractivity contribution in [1.29, 1.82) is 0 Å². The molecule has 0 N–H and O–H groups in total. The molecular weight excluding hydrogens is 322 g/mol. The normalized spacial score (nSPS) is 11.5. The average molecular weight is 337 g/mol. The Morgan fingerprint density at radius 3 is 2.12 bits per heavy atom. The first-order valence-corrected chi connectivity index (χ1v) is 9.07. The fourth-order valence-electron chi connectivity index (χ4n) is 1.60. The number of hydrogen-bond acceptors (Lipinski definition) is 1. The second kappa shape index (κ2) is 6.59. The maximum absolute atomic E-state index is 4.76. The molecule has 17 heavy (non-hydrogen) atoms. The zero-order valence-electron chi connectivity index (χ0n) is 9.84. The molecule has 0 aromatic heterocycles. The molecule has 0 aliphatic rings. The van der Waals surface area contributed by atoms with Gasteiger partial charge in [0.1, 0.15) is 0 Å². The predicted molar refractivity (Wildman–Crippen MR) is 74.7 cm³/mol. The van der Waals surface area contributed by atoms with E-state index in [9.17, 15) is 0 Å². The van der Waals surface area contributed by atoms with E-state index in [-0.39, 0.29) is 20.9 Å². The molecule has 0 fully saturated rings. The van der Waals surface area contributed by atoms with Crippen LogP contribution in [0, 0.1) is 0 Å². The van der Waals surface area contributed by atoms with Crippen LogP contribution in [-0.2, 0) is 6.54 Å². The Hall–Kier alpha value is -1.10. The number of benzene rings is 2. The van der Waals surface area contributed by atoms with Gasteiger partial charge in [-0.05, 0) is 0 Å². The summed E-state index contributed by atoms with van der Waals surface area (Å²) in [4.78, 5) is 7.04. The van der Waals surface area contributed by atoms with Crippen LogP contribution in [0.15, 0.2) is 65.7 Å². The van der Waals surface area contributed by atoms with E-state index in [1.165, 1.54) is 14.9 Å². The van der Waals surface area contributed by atoms with Crippen LogP contribution in [-0.4, -0.2) is 24.7 Å². The summed E-state index contributed by atoms with van der Waals surface area (Å²) in [6, 6.07) is 20.9. The molecule has 2 aromatic carbocycles. The Bertz CT molecular complexity index is 477. The van der Waals surface area contributed by atoms with Crippen LogP contribution in [0.25, 0.3) is 0 Å². The van der Waals surface area contributed by atoms with Gasteiger partial charge in [-0.3, -0.25) is 0 Å². The molecule has 2 rings (SSSR count). The van der Waals surface area contributed by atoms with Crippen LogP contribution in [0.3, 0.4) is 0 Å². The standard InChI is InChI=1S/C15H15NTe/c1-17-15(14-10-6-3-7-11-14)16-12-13-8-4-2-5-9-13/h2-11H,12H2,1H3. The molecule has 0 bridgehead atoms. The monoisotopic (exact) mass is 339 g/mol. The molecule has 0 amide bonds. The predicted octanol–water partition coefficient (Wildman–Crippen LogP) is 3.39. The summed E-state index contributed by atoms with van der Waals surface area (Å²) in [6.45, 7) is 0.795. The topological polar surface area (TPSA) is 12.4 Å². The van der Waals surface area contributed by atoms with Gasteiger partial charge in [-0.25, -0.2) is 0 Å². The van der Waals surface area contributed by atoms with Gasteiger partial charge in [0, 0.05) is 0 Å². The number of nitrogens with zero attached hydrogens (tertiary/aromatic N) is 1. The molecule has 0 radical (unpaired) electrons. The van der Waals surface area contributed by atoms with E-state index in [1.54, 1.807) is 0 Å². The second-order valence-electron chi connectivity index (χ2n) is 3.68.